The summed E-state index contributed by atoms with van der Waals surface area (Å²) in [6.07, 6.45) is -9.51. The average molecular weight is 792 g/mol. The maximum absolute atomic E-state index is 12.8. The first-order chi connectivity index (χ1) is 21.5. The highest BCUT2D eigenvalue weighted by molar-refractivity contribution is 8.07. The van der Waals surface area contributed by atoms with Crippen LogP contribution in [0.3, 0.4) is 0 Å². The molecule has 3 heterocycles. The first kappa shape index (κ1) is 42.4. The lowest BCUT2D eigenvalue weighted by Gasteiger charge is -2.39. The number of alkyl halides is 1. The number of hydrogen-bond acceptors (Lipinski definition) is 21. The van der Waals surface area contributed by atoms with Crippen LogP contribution in [-0.2, 0) is 75.5 Å². The lowest BCUT2D eigenvalue weighted by atomic mass is 9.51. The summed E-state index contributed by atoms with van der Waals surface area (Å²) in [5.74, 6) is 0. The fraction of sp³-hybridized carbons (Fsp3) is 1.00. The van der Waals surface area contributed by atoms with Crippen LogP contribution < -0.4 is 24.5 Å². The zero-order valence-corrected chi connectivity index (χ0v) is 28.8. The van der Waals surface area contributed by atoms with Gasteiger partial charge in [-0.25, -0.2) is 8.96 Å². The van der Waals surface area contributed by atoms with Crippen molar-refractivity contribution in [3.63, 3.8) is 0 Å². The first-order valence-electron chi connectivity index (χ1n) is 13.0. The molecule has 0 spiro atoms. The highest BCUT2D eigenvalue weighted by Crippen LogP contribution is 2.61. The van der Waals surface area contributed by atoms with E-state index >= 15 is 0 Å². The van der Waals surface area contributed by atoms with Crippen molar-refractivity contribution in [3.05, 3.63) is 0 Å². The normalized spacial score (nSPS) is 36.7. The summed E-state index contributed by atoms with van der Waals surface area (Å²) in [4.78, 5) is 67.4. The number of hydrogen-bond donors (Lipinski definition) is 2. The number of rotatable bonds is 19. The minimum atomic E-state index is -6.15. The van der Waals surface area contributed by atoms with Crippen LogP contribution in [-0.4, -0.2) is 114 Å². The maximum atomic E-state index is 12.8. The van der Waals surface area contributed by atoms with Crippen LogP contribution in [0.5, 0.6) is 0 Å². The second-order valence-electron chi connectivity index (χ2n) is 9.94. The van der Waals surface area contributed by atoms with Gasteiger partial charge in [0.25, 0.3) is 15.6 Å². The van der Waals surface area contributed by atoms with Crippen LogP contribution in [0.2, 0.25) is 0 Å². The van der Waals surface area contributed by atoms with E-state index in [0.29, 0.717) is 0 Å². The van der Waals surface area contributed by atoms with Gasteiger partial charge in [0.1, 0.15) is 39.6 Å². The summed E-state index contributed by atoms with van der Waals surface area (Å²) in [6, 6.07) is -2.09. The van der Waals surface area contributed by atoms with Crippen LogP contribution in [0.15, 0.2) is 0 Å². The Bertz CT molecular complexity index is 1300. The number of aliphatic hydroxyl groups excluding tert-OH is 1. The number of phosphoric ester groups is 2. The van der Waals surface area contributed by atoms with Gasteiger partial charge in [0.05, 0.1) is 59.2 Å². The number of aliphatic hydroxyl groups is 1. The molecule has 0 bridgehead atoms. The molecule has 3 fully saturated rings. The highest BCUT2D eigenvalue weighted by atomic mass is 32.5. The molecule has 5 radical (unpaired) electrons. The first-order valence-corrected chi connectivity index (χ1v) is 21.5. The summed E-state index contributed by atoms with van der Waals surface area (Å²) >= 11 is 4.30. The average Bonchev–Trinajstić information content (AvgIpc) is 3.58. The number of halogens is 1. The third kappa shape index (κ3) is 14.5. The van der Waals surface area contributed by atoms with Gasteiger partial charge in [-0.1, -0.05) is 11.8 Å². The molecular formula is C16H25B3FO21P5S-5. The van der Waals surface area contributed by atoms with Crippen molar-refractivity contribution in [2.75, 3.05) is 26.5 Å². The molecule has 0 aromatic carbocycles. The summed E-state index contributed by atoms with van der Waals surface area (Å²) in [5.41, 5.74) is 0. The molecule has 3 aliphatic heterocycles. The molecule has 0 aliphatic carbocycles. The molecular weight excluding hydrogens is 767 g/mol. The zero-order chi connectivity index (χ0) is 35.4. The van der Waals surface area contributed by atoms with Gasteiger partial charge < -0.3 is 66.8 Å². The predicted octanol–water partition coefficient (Wildman–Crippen LogP) is -4.04. The summed E-state index contributed by atoms with van der Waals surface area (Å²) in [5, 5.41) is 9.89. The monoisotopic (exact) mass is 792 g/mol. The minimum Gasteiger partial charge on any atom is -0.790 e. The summed E-state index contributed by atoms with van der Waals surface area (Å²) in [6.45, 7) is -8.53. The lowest BCUT2D eigenvalue weighted by Crippen LogP contribution is -2.33. The molecule has 31 heteroatoms. The molecule has 3 aliphatic rings. The minimum absolute atomic E-state index is 0.0593. The third-order valence-corrected chi connectivity index (χ3v) is 12.9. The summed E-state index contributed by atoms with van der Waals surface area (Å²) in [7, 11) is -10.3. The van der Waals surface area contributed by atoms with Crippen LogP contribution in [0.25, 0.3) is 0 Å². The Labute approximate surface area is 275 Å². The van der Waals surface area contributed by atoms with E-state index in [1.165, 1.54) is 0 Å². The Hall–Kier alpha value is 1.01. The van der Waals surface area contributed by atoms with Crippen molar-refractivity contribution in [3.8, 4) is 0 Å². The van der Waals surface area contributed by atoms with E-state index < -0.39 is 119 Å². The number of phosphoric acid groups is 4. The van der Waals surface area contributed by atoms with Gasteiger partial charge in [0.15, 0.2) is 0 Å². The van der Waals surface area contributed by atoms with Crippen LogP contribution in [0.4, 0.5) is 4.39 Å². The molecule has 13 atom stereocenters. The quantitative estimate of drug-likeness (QED) is 0.0929. The molecule has 4 unspecified atom stereocenters. The molecule has 0 aromatic rings. The Balaban J connectivity index is 1.54. The van der Waals surface area contributed by atoms with E-state index in [1.807, 2.05) is 0 Å². The van der Waals surface area contributed by atoms with Crippen molar-refractivity contribution < 1.29 is 103 Å². The van der Waals surface area contributed by atoms with Gasteiger partial charge in [-0.15, -0.1) is 0 Å². The molecule has 3 saturated heterocycles. The van der Waals surface area contributed by atoms with E-state index in [4.69, 9.17) is 47.9 Å². The van der Waals surface area contributed by atoms with E-state index in [0.717, 1.165) is 7.17 Å². The van der Waals surface area contributed by atoms with E-state index in [9.17, 15) is 57.1 Å². The van der Waals surface area contributed by atoms with Crippen molar-refractivity contribution in [1.82, 2.24) is 0 Å². The second-order valence-corrected chi connectivity index (χ2v) is 18.3. The third-order valence-electron chi connectivity index (χ3n) is 6.27. The van der Waals surface area contributed by atoms with Gasteiger partial charge in [-0.05, 0) is 12.8 Å². The van der Waals surface area contributed by atoms with Crippen LogP contribution in [0, 0.1) is 0 Å². The summed E-state index contributed by atoms with van der Waals surface area (Å²) < 4.78 is 107. The van der Waals surface area contributed by atoms with Crippen LogP contribution >= 0.6 is 38.0 Å². The number of ether oxygens (including phenoxy) is 3. The fourth-order valence-corrected chi connectivity index (χ4v) is 10.1. The smallest absolute Gasteiger partial charge is 0.472 e. The second kappa shape index (κ2) is 17.2. The van der Waals surface area contributed by atoms with Crippen LogP contribution in [0.1, 0.15) is 19.3 Å². The van der Waals surface area contributed by atoms with Gasteiger partial charge in [-0.3, -0.25) is 26.8 Å². The molecule has 0 aromatic heterocycles. The van der Waals surface area contributed by atoms with Gasteiger partial charge in [0, 0.05) is 26.2 Å². The largest absolute Gasteiger partial charge is 0.790 e. The fourth-order valence-electron chi connectivity index (χ4n) is 4.38. The van der Waals surface area contributed by atoms with E-state index in [2.05, 4.69) is 25.0 Å². The molecule has 2 N–H and O–H groups in total. The maximum Gasteiger partial charge on any atom is 0.472 e. The molecule has 3 rings (SSSR count). The van der Waals surface area contributed by atoms with Gasteiger partial charge in [-0.2, -0.15) is 0 Å². The Kier molecular flexibility index (Phi) is 15.6. The van der Waals surface area contributed by atoms with Crippen molar-refractivity contribution in [2.24, 2.45) is 0 Å². The Morgan fingerprint density at radius 2 is 1.43 bits per heavy atom. The zero-order valence-electron chi connectivity index (χ0n) is 23.6. The SMILES string of the molecule is [B][B][C@H]1C[C@H](OP(=O)(O)OC[C@H]2O[C@@H](CF)C[C@@H]2O)[C@@H](COP(=O)([O-])O[C@H]2C[C@H]([B])O[C@@H]2COP([O-])(=S)OP(=O)([O-])OP(=O)([O-])[O-])O1. The topological polar surface area (TPSA) is 316 Å². The highest BCUT2D eigenvalue weighted by Gasteiger charge is 2.43. The van der Waals surface area contributed by atoms with E-state index in [1.54, 1.807) is 0 Å². The van der Waals surface area contributed by atoms with Crippen molar-refractivity contribution in [2.45, 2.75) is 74.0 Å². The van der Waals surface area contributed by atoms with Crippen molar-refractivity contribution in [1.29, 1.82) is 0 Å². The molecule has 21 nitrogen and oxygen atoms in total. The van der Waals surface area contributed by atoms with E-state index in [-0.39, 0.29) is 19.3 Å². The Morgan fingerprint density at radius 1 is 0.830 bits per heavy atom. The standard InChI is InChI=1S/C16H30B3FO21P5S/c17-15-2-10(13(36-15)7-34-46(31,47)41-45(29,30)40-42(22,23)24)38-44(27,28)33-6-14-11(3-16(19-18)37-14)39-43(25,26)32-5-12-9(21)1-8(4-20)35-12/h8-16,21H,1-7H2,(H,25,26)(H,27,28)(H,29,30)(H,31,47)(H2,22,23,24)/p-5/t8-,9+,10+,11+,12-,13-,14-,15-,16-,46?/m1/s1. The van der Waals surface area contributed by atoms with Gasteiger partial charge in [0.2, 0.25) is 0 Å². The molecule has 267 valence electrons. The Morgan fingerprint density at radius 3 is 2.02 bits per heavy atom. The predicted molar refractivity (Wildman–Crippen MR) is 146 cm³/mol. The van der Waals surface area contributed by atoms with Gasteiger partial charge >= 0.3 is 7.82 Å². The molecule has 0 saturated carbocycles. The lowest BCUT2D eigenvalue weighted by molar-refractivity contribution is -0.339. The molecule has 0 amide bonds. The molecule has 47 heavy (non-hydrogen) atoms. The van der Waals surface area contributed by atoms with Crippen molar-refractivity contribution >= 4 is 72.6 Å².